The topological polar surface area (TPSA) is 49.4 Å². The Labute approximate surface area is 126 Å². The Morgan fingerprint density at radius 3 is 2.10 bits per heavy atom. The molecule has 1 aromatic carbocycles. The minimum absolute atomic E-state index is 0.0330. The fraction of sp³-hybridized carbons (Fsp3) is 0.529. The standard InChI is InChI=1S/C17H24N2O2/c1-10(2)13-6-8-14(9-7-13)19-12(5)16(20)18-15(11(3)4)17(19)21/h6-12,15H,1-5H3,(H,18,20). The van der Waals surface area contributed by atoms with Crippen molar-refractivity contribution in [1.82, 2.24) is 5.32 Å². The van der Waals surface area contributed by atoms with Crippen molar-refractivity contribution < 1.29 is 9.59 Å². The van der Waals surface area contributed by atoms with Crippen LogP contribution in [0, 0.1) is 5.92 Å². The predicted molar refractivity (Wildman–Crippen MR) is 84.2 cm³/mol. The van der Waals surface area contributed by atoms with Gasteiger partial charge in [-0.05, 0) is 36.5 Å². The van der Waals surface area contributed by atoms with E-state index in [1.807, 2.05) is 38.1 Å². The first kappa shape index (κ1) is 15.5. The summed E-state index contributed by atoms with van der Waals surface area (Å²) in [6, 6.07) is 6.99. The van der Waals surface area contributed by atoms with Gasteiger partial charge in [0, 0.05) is 5.69 Å². The first-order chi connectivity index (χ1) is 9.82. The maximum Gasteiger partial charge on any atom is 0.250 e. The van der Waals surface area contributed by atoms with E-state index in [1.54, 1.807) is 11.8 Å². The van der Waals surface area contributed by atoms with E-state index in [0.29, 0.717) is 5.92 Å². The molecule has 0 saturated carbocycles. The average Bonchev–Trinajstić information content (AvgIpc) is 2.43. The second kappa shape index (κ2) is 5.88. The van der Waals surface area contributed by atoms with Gasteiger partial charge in [0.25, 0.3) is 5.91 Å². The molecule has 2 atom stereocenters. The van der Waals surface area contributed by atoms with Gasteiger partial charge in [-0.1, -0.05) is 39.8 Å². The first-order valence-corrected chi connectivity index (χ1v) is 7.56. The van der Waals surface area contributed by atoms with Gasteiger partial charge in [-0.25, -0.2) is 0 Å². The van der Waals surface area contributed by atoms with E-state index in [1.165, 1.54) is 5.56 Å². The van der Waals surface area contributed by atoms with Crippen molar-refractivity contribution in [3.8, 4) is 0 Å². The molecule has 0 aromatic heterocycles. The van der Waals surface area contributed by atoms with E-state index >= 15 is 0 Å². The van der Waals surface area contributed by atoms with Gasteiger partial charge >= 0.3 is 0 Å². The van der Waals surface area contributed by atoms with Crippen molar-refractivity contribution in [3.05, 3.63) is 29.8 Å². The zero-order chi connectivity index (χ0) is 15.7. The zero-order valence-electron chi connectivity index (χ0n) is 13.4. The number of carbonyl (C=O) groups is 2. The van der Waals surface area contributed by atoms with Crippen molar-refractivity contribution in [2.45, 2.75) is 52.6 Å². The van der Waals surface area contributed by atoms with Gasteiger partial charge in [-0.15, -0.1) is 0 Å². The normalized spacial score (nSPS) is 22.9. The summed E-state index contributed by atoms with van der Waals surface area (Å²) < 4.78 is 0. The first-order valence-electron chi connectivity index (χ1n) is 7.56. The lowest BCUT2D eigenvalue weighted by molar-refractivity contribution is -0.134. The molecule has 1 heterocycles. The lowest BCUT2D eigenvalue weighted by Gasteiger charge is -2.38. The van der Waals surface area contributed by atoms with Crippen molar-refractivity contribution in [3.63, 3.8) is 0 Å². The van der Waals surface area contributed by atoms with Crippen LogP contribution in [0.15, 0.2) is 24.3 Å². The smallest absolute Gasteiger partial charge is 0.250 e. The molecule has 21 heavy (non-hydrogen) atoms. The monoisotopic (exact) mass is 288 g/mol. The van der Waals surface area contributed by atoms with Gasteiger partial charge in [0.15, 0.2) is 0 Å². The van der Waals surface area contributed by atoms with E-state index in [4.69, 9.17) is 0 Å². The molecule has 2 rings (SSSR count). The molecule has 0 radical (unpaired) electrons. The van der Waals surface area contributed by atoms with Crippen molar-refractivity contribution in [2.75, 3.05) is 4.90 Å². The van der Waals surface area contributed by atoms with Gasteiger partial charge in [0.1, 0.15) is 12.1 Å². The average molecular weight is 288 g/mol. The summed E-state index contributed by atoms with van der Waals surface area (Å²) in [5.74, 6) is 0.391. The van der Waals surface area contributed by atoms with Crippen LogP contribution in [0.4, 0.5) is 5.69 Å². The molecule has 1 aliphatic rings. The summed E-state index contributed by atoms with van der Waals surface area (Å²) in [7, 11) is 0. The van der Waals surface area contributed by atoms with Gasteiger partial charge in [0.2, 0.25) is 5.91 Å². The summed E-state index contributed by atoms with van der Waals surface area (Å²) in [4.78, 5) is 26.4. The molecule has 0 spiro atoms. The third-order valence-electron chi connectivity index (χ3n) is 4.07. The Hall–Kier alpha value is -1.84. The number of anilines is 1. The van der Waals surface area contributed by atoms with E-state index < -0.39 is 12.1 Å². The second-order valence-electron chi connectivity index (χ2n) is 6.36. The zero-order valence-corrected chi connectivity index (χ0v) is 13.4. The number of hydrogen-bond acceptors (Lipinski definition) is 2. The largest absolute Gasteiger partial charge is 0.342 e. The number of amides is 2. The summed E-state index contributed by atoms with van der Waals surface area (Å²) >= 11 is 0. The number of carbonyl (C=O) groups excluding carboxylic acids is 2. The fourth-order valence-corrected chi connectivity index (χ4v) is 2.62. The number of hydrogen-bond donors (Lipinski definition) is 1. The van der Waals surface area contributed by atoms with Crippen LogP contribution in [0.5, 0.6) is 0 Å². The van der Waals surface area contributed by atoms with Crippen molar-refractivity contribution >= 4 is 17.5 Å². The molecule has 1 N–H and O–H groups in total. The molecule has 4 heteroatoms. The minimum Gasteiger partial charge on any atom is -0.342 e. The Kier molecular flexibility index (Phi) is 4.35. The highest BCUT2D eigenvalue weighted by molar-refractivity contribution is 6.08. The van der Waals surface area contributed by atoms with Gasteiger partial charge in [0.05, 0.1) is 0 Å². The molecule has 4 nitrogen and oxygen atoms in total. The SMILES string of the molecule is CC(C)c1ccc(N2C(=O)C(C(C)C)NC(=O)C2C)cc1. The molecular formula is C17H24N2O2. The van der Waals surface area contributed by atoms with Crippen LogP contribution in [-0.2, 0) is 9.59 Å². The van der Waals surface area contributed by atoms with Crippen LogP contribution >= 0.6 is 0 Å². The van der Waals surface area contributed by atoms with Crippen LogP contribution < -0.4 is 10.2 Å². The number of benzene rings is 1. The van der Waals surface area contributed by atoms with Crippen LogP contribution in [-0.4, -0.2) is 23.9 Å². The van der Waals surface area contributed by atoms with Gasteiger partial charge in [-0.3, -0.25) is 14.5 Å². The molecule has 0 bridgehead atoms. The third kappa shape index (κ3) is 2.94. The van der Waals surface area contributed by atoms with Gasteiger partial charge < -0.3 is 5.32 Å². The molecule has 1 aromatic rings. The minimum atomic E-state index is -0.475. The van der Waals surface area contributed by atoms with E-state index in [9.17, 15) is 9.59 Å². The summed E-state index contributed by atoms with van der Waals surface area (Å²) in [6.07, 6.45) is 0. The third-order valence-corrected chi connectivity index (χ3v) is 4.07. The molecule has 1 fully saturated rings. The summed E-state index contributed by atoms with van der Waals surface area (Å²) in [5.41, 5.74) is 2.01. The van der Waals surface area contributed by atoms with E-state index in [-0.39, 0.29) is 17.7 Å². The lowest BCUT2D eigenvalue weighted by atomic mass is 9.97. The highest BCUT2D eigenvalue weighted by Crippen LogP contribution is 2.25. The number of nitrogens with zero attached hydrogens (tertiary/aromatic N) is 1. The van der Waals surface area contributed by atoms with Crippen molar-refractivity contribution in [2.24, 2.45) is 5.92 Å². The maximum absolute atomic E-state index is 12.7. The molecular weight excluding hydrogens is 264 g/mol. The number of piperazine rings is 1. The molecule has 2 amide bonds. The van der Waals surface area contributed by atoms with E-state index in [0.717, 1.165) is 5.69 Å². The summed E-state index contributed by atoms with van der Waals surface area (Å²) in [5, 5.41) is 2.81. The number of rotatable bonds is 3. The van der Waals surface area contributed by atoms with Gasteiger partial charge in [-0.2, -0.15) is 0 Å². The Balaban J connectivity index is 2.34. The van der Waals surface area contributed by atoms with Crippen LogP contribution in [0.3, 0.4) is 0 Å². The molecule has 1 aliphatic heterocycles. The maximum atomic E-state index is 12.7. The van der Waals surface area contributed by atoms with E-state index in [2.05, 4.69) is 19.2 Å². The molecule has 1 saturated heterocycles. The van der Waals surface area contributed by atoms with Crippen LogP contribution in [0.25, 0.3) is 0 Å². The molecule has 2 unspecified atom stereocenters. The Morgan fingerprint density at radius 2 is 1.62 bits per heavy atom. The second-order valence-corrected chi connectivity index (χ2v) is 6.36. The fourth-order valence-electron chi connectivity index (χ4n) is 2.62. The van der Waals surface area contributed by atoms with Crippen molar-refractivity contribution in [1.29, 1.82) is 0 Å². The Bertz CT molecular complexity index is 534. The highest BCUT2D eigenvalue weighted by Gasteiger charge is 2.40. The molecule has 114 valence electrons. The highest BCUT2D eigenvalue weighted by atomic mass is 16.2. The quantitative estimate of drug-likeness (QED) is 0.929. The van der Waals surface area contributed by atoms with Crippen LogP contribution in [0.2, 0.25) is 0 Å². The molecule has 0 aliphatic carbocycles. The predicted octanol–water partition coefficient (Wildman–Crippen LogP) is 2.69. The number of nitrogens with one attached hydrogen (secondary N) is 1. The van der Waals surface area contributed by atoms with Crippen LogP contribution in [0.1, 0.15) is 46.1 Å². The lowest BCUT2D eigenvalue weighted by Crippen LogP contribution is -2.64. The summed E-state index contributed by atoms with van der Waals surface area (Å²) in [6.45, 7) is 9.91. The Morgan fingerprint density at radius 1 is 1.05 bits per heavy atom.